The predicted octanol–water partition coefficient (Wildman–Crippen LogP) is 1.88. The van der Waals surface area contributed by atoms with Crippen molar-refractivity contribution >= 4 is 5.91 Å². The monoisotopic (exact) mass is 226 g/mol. The van der Waals surface area contributed by atoms with E-state index >= 15 is 0 Å². The molecule has 16 heavy (non-hydrogen) atoms. The van der Waals surface area contributed by atoms with Gasteiger partial charge in [-0.2, -0.15) is 0 Å². The molecule has 0 aromatic carbocycles. The molecule has 3 heteroatoms. The van der Waals surface area contributed by atoms with Gasteiger partial charge in [-0.05, 0) is 38.3 Å². The van der Waals surface area contributed by atoms with Gasteiger partial charge in [0.05, 0.1) is 0 Å². The van der Waals surface area contributed by atoms with Crippen molar-refractivity contribution in [1.29, 1.82) is 0 Å². The van der Waals surface area contributed by atoms with E-state index in [4.69, 9.17) is 0 Å². The largest absolute Gasteiger partial charge is 0.345 e. The minimum atomic E-state index is -0.207. The summed E-state index contributed by atoms with van der Waals surface area (Å²) in [5.74, 6) is 0.969. The highest BCUT2D eigenvalue weighted by atomic mass is 16.2. The van der Waals surface area contributed by atoms with Gasteiger partial charge >= 0.3 is 0 Å². The van der Waals surface area contributed by atoms with Crippen LogP contribution in [0.2, 0.25) is 0 Å². The third-order valence-corrected chi connectivity index (χ3v) is 3.80. The molecule has 0 aromatic rings. The number of nitrogens with one attached hydrogen (secondary N) is 1. The summed E-state index contributed by atoms with van der Waals surface area (Å²) >= 11 is 0. The van der Waals surface area contributed by atoms with Crippen LogP contribution in [0.1, 0.15) is 40.0 Å². The summed E-state index contributed by atoms with van der Waals surface area (Å²) in [6.07, 6.45) is 3.30. The van der Waals surface area contributed by atoms with Crippen molar-refractivity contribution in [3.63, 3.8) is 0 Å². The van der Waals surface area contributed by atoms with Crippen LogP contribution in [0.5, 0.6) is 0 Å². The standard InChI is InChI=1S/C13H26N2O/c1-5-13(2,3)12(16)15(4)10-11-6-8-14-9-7-11/h11,14H,5-10H2,1-4H3. The zero-order valence-electron chi connectivity index (χ0n) is 11.2. The molecule has 0 aromatic heterocycles. The van der Waals surface area contributed by atoms with E-state index in [0.717, 1.165) is 26.1 Å². The van der Waals surface area contributed by atoms with E-state index in [9.17, 15) is 4.79 Å². The number of amides is 1. The van der Waals surface area contributed by atoms with Gasteiger partial charge < -0.3 is 10.2 Å². The van der Waals surface area contributed by atoms with Gasteiger partial charge in [0.2, 0.25) is 5.91 Å². The Labute approximate surface area is 99.6 Å². The highest BCUT2D eigenvalue weighted by Crippen LogP contribution is 2.23. The van der Waals surface area contributed by atoms with Gasteiger partial charge in [0.1, 0.15) is 0 Å². The average molecular weight is 226 g/mol. The van der Waals surface area contributed by atoms with E-state index in [2.05, 4.69) is 12.2 Å². The summed E-state index contributed by atoms with van der Waals surface area (Å²) in [6, 6.07) is 0. The van der Waals surface area contributed by atoms with Crippen LogP contribution in [-0.4, -0.2) is 37.5 Å². The minimum Gasteiger partial charge on any atom is -0.345 e. The molecule has 1 amide bonds. The van der Waals surface area contributed by atoms with Crippen LogP contribution in [0, 0.1) is 11.3 Å². The van der Waals surface area contributed by atoms with E-state index in [1.54, 1.807) is 0 Å². The molecule has 0 atom stereocenters. The van der Waals surface area contributed by atoms with Crippen molar-refractivity contribution in [1.82, 2.24) is 10.2 Å². The van der Waals surface area contributed by atoms with Crippen LogP contribution in [-0.2, 0) is 4.79 Å². The van der Waals surface area contributed by atoms with Crippen LogP contribution in [0.4, 0.5) is 0 Å². The first-order chi connectivity index (χ1) is 7.47. The van der Waals surface area contributed by atoms with Crippen molar-refractivity contribution in [2.75, 3.05) is 26.7 Å². The minimum absolute atomic E-state index is 0.207. The second-order valence-corrected chi connectivity index (χ2v) is 5.62. The molecule has 1 aliphatic rings. The quantitative estimate of drug-likeness (QED) is 0.794. The molecule has 1 N–H and O–H groups in total. The third-order valence-electron chi connectivity index (χ3n) is 3.80. The molecule has 3 nitrogen and oxygen atoms in total. The molecule has 1 rings (SSSR count). The molecular formula is C13H26N2O. The number of hydrogen-bond acceptors (Lipinski definition) is 2. The number of piperidine rings is 1. The average Bonchev–Trinajstić information content (AvgIpc) is 2.29. The molecule has 0 radical (unpaired) electrons. The third kappa shape index (κ3) is 3.48. The van der Waals surface area contributed by atoms with Gasteiger partial charge in [-0.3, -0.25) is 4.79 Å². The van der Waals surface area contributed by atoms with Gasteiger partial charge in [0.15, 0.2) is 0 Å². The molecule has 0 spiro atoms. The first-order valence-electron chi connectivity index (χ1n) is 6.43. The summed E-state index contributed by atoms with van der Waals surface area (Å²) in [5, 5.41) is 3.36. The van der Waals surface area contributed by atoms with E-state index in [1.807, 2.05) is 25.8 Å². The summed E-state index contributed by atoms with van der Waals surface area (Å²) in [6.45, 7) is 9.27. The lowest BCUT2D eigenvalue weighted by Crippen LogP contribution is -2.42. The maximum absolute atomic E-state index is 12.2. The Morgan fingerprint density at radius 3 is 2.44 bits per heavy atom. The van der Waals surface area contributed by atoms with E-state index in [0.29, 0.717) is 5.92 Å². The summed E-state index contributed by atoms with van der Waals surface area (Å²) < 4.78 is 0. The fraction of sp³-hybridized carbons (Fsp3) is 0.923. The van der Waals surface area contributed by atoms with Gasteiger partial charge in [-0.1, -0.05) is 20.8 Å². The lowest BCUT2D eigenvalue weighted by Gasteiger charge is -2.32. The van der Waals surface area contributed by atoms with E-state index in [-0.39, 0.29) is 11.3 Å². The first-order valence-corrected chi connectivity index (χ1v) is 6.43. The molecule has 0 bridgehead atoms. The fourth-order valence-corrected chi connectivity index (χ4v) is 2.20. The van der Waals surface area contributed by atoms with Crippen molar-refractivity contribution in [2.45, 2.75) is 40.0 Å². The van der Waals surface area contributed by atoms with E-state index < -0.39 is 0 Å². The van der Waals surface area contributed by atoms with Crippen molar-refractivity contribution in [3.05, 3.63) is 0 Å². The highest BCUT2D eigenvalue weighted by Gasteiger charge is 2.29. The maximum atomic E-state index is 12.2. The first kappa shape index (κ1) is 13.5. The smallest absolute Gasteiger partial charge is 0.227 e. The number of hydrogen-bond donors (Lipinski definition) is 1. The second kappa shape index (κ2) is 5.67. The molecule has 1 saturated heterocycles. The van der Waals surface area contributed by atoms with Crippen molar-refractivity contribution < 1.29 is 4.79 Å². The molecular weight excluding hydrogens is 200 g/mol. The van der Waals surface area contributed by atoms with Crippen molar-refractivity contribution in [2.24, 2.45) is 11.3 Å². The SMILES string of the molecule is CCC(C)(C)C(=O)N(C)CC1CCNCC1. The molecule has 0 unspecified atom stereocenters. The zero-order valence-corrected chi connectivity index (χ0v) is 11.2. The summed E-state index contributed by atoms with van der Waals surface area (Å²) in [5.41, 5.74) is -0.207. The predicted molar refractivity (Wildman–Crippen MR) is 67.3 cm³/mol. The molecule has 94 valence electrons. The molecule has 0 saturated carbocycles. The van der Waals surface area contributed by atoms with Crippen LogP contribution in [0.25, 0.3) is 0 Å². The number of carbonyl (C=O) groups excluding carboxylic acids is 1. The Balaban J connectivity index is 2.44. The van der Waals surface area contributed by atoms with E-state index in [1.165, 1.54) is 12.8 Å². The van der Waals surface area contributed by atoms with Crippen LogP contribution in [0.15, 0.2) is 0 Å². The molecule has 1 heterocycles. The van der Waals surface area contributed by atoms with Crippen LogP contribution >= 0.6 is 0 Å². The normalized spacial score (nSPS) is 18.5. The molecule has 0 aliphatic carbocycles. The lowest BCUT2D eigenvalue weighted by atomic mass is 9.88. The Morgan fingerprint density at radius 2 is 1.94 bits per heavy atom. The topological polar surface area (TPSA) is 32.3 Å². The van der Waals surface area contributed by atoms with Gasteiger partial charge in [0.25, 0.3) is 0 Å². The van der Waals surface area contributed by atoms with Gasteiger partial charge in [0, 0.05) is 19.0 Å². The summed E-state index contributed by atoms with van der Waals surface area (Å²) in [4.78, 5) is 14.1. The lowest BCUT2D eigenvalue weighted by molar-refractivity contribution is -0.139. The van der Waals surface area contributed by atoms with Gasteiger partial charge in [-0.25, -0.2) is 0 Å². The fourth-order valence-electron chi connectivity index (χ4n) is 2.20. The van der Waals surface area contributed by atoms with Crippen LogP contribution < -0.4 is 5.32 Å². The number of rotatable bonds is 4. The zero-order chi connectivity index (χ0) is 12.2. The number of nitrogens with zero attached hydrogens (tertiary/aromatic N) is 1. The summed E-state index contributed by atoms with van der Waals surface area (Å²) in [7, 11) is 1.95. The number of carbonyl (C=O) groups is 1. The second-order valence-electron chi connectivity index (χ2n) is 5.62. The molecule has 1 fully saturated rings. The van der Waals surface area contributed by atoms with Gasteiger partial charge in [-0.15, -0.1) is 0 Å². The van der Waals surface area contributed by atoms with Crippen LogP contribution in [0.3, 0.4) is 0 Å². The molecule has 1 aliphatic heterocycles. The Bertz CT molecular complexity index is 232. The maximum Gasteiger partial charge on any atom is 0.227 e. The Morgan fingerprint density at radius 1 is 1.38 bits per heavy atom. The van der Waals surface area contributed by atoms with Crippen molar-refractivity contribution in [3.8, 4) is 0 Å². The Hall–Kier alpha value is -0.570. The Kier molecular flexibility index (Phi) is 4.78. The highest BCUT2D eigenvalue weighted by molar-refractivity contribution is 5.81.